The lowest BCUT2D eigenvalue weighted by Crippen LogP contribution is -2.30. The molecule has 2 atom stereocenters. The Hall–Kier alpha value is -1.59. The minimum Gasteiger partial charge on any atom is -0.399 e. The van der Waals surface area contributed by atoms with Crippen LogP contribution in [-0.4, -0.2) is 31.8 Å². The molecule has 0 radical (unpaired) electrons. The van der Waals surface area contributed by atoms with Gasteiger partial charge in [-0.25, -0.2) is 0 Å². The Bertz CT molecular complexity index is 490. The minimum atomic E-state index is -0.137. The molecule has 1 aromatic rings. The maximum absolute atomic E-state index is 11.9. The van der Waals surface area contributed by atoms with Gasteiger partial charge in [-0.1, -0.05) is 0 Å². The van der Waals surface area contributed by atoms with Crippen molar-refractivity contribution in [3.05, 3.63) is 23.8 Å². The van der Waals surface area contributed by atoms with Gasteiger partial charge >= 0.3 is 0 Å². The molecule has 2 unspecified atom stereocenters. The van der Waals surface area contributed by atoms with E-state index in [-0.39, 0.29) is 24.7 Å². The summed E-state index contributed by atoms with van der Waals surface area (Å²) in [5, 5.41) is 2.85. The van der Waals surface area contributed by atoms with E-state index < -0.39 is 0 Å². The highest BCUT2D eigenvalue weighted by Crippen LogP contribution is 2.23. The van der Waals surface area contributed by atoms with Crippen molar-refractivity contribution < 1.29 is 14.3 Å². The monoisotopic (exact) mass is 292 g/mol. The minimum absolute atomic E-state index is 0.0743. The number of methoxy groups -OCH3 is 1. The zero-order chi connectivity index (χ0) is 15.2. The van der Waals surface area contributed by atoms with E-state index in [0.717, 1.165) is 36.9 Å². The van der Waals surface area contributed by atoms with Gasteiger partial charge in [0.05, 0.1) is 12.2 Å². The first-order chi connectivity index (χ1) is 10.1. The van der Waals surface area contributed by atoms with Crippen LogP contribution in [0.3, 0.4) is 0 Å². The average molecular weight is 292 g/mol. The number of anilines is 2. The van der Waals surface area contributed by atoms with Crippen molar-refractivity contribution in [1.29, 1.82) is 0 Å². The van der Waals surface area contributed by atoms with Crippen LogP contribution in [0.5, 0.6) is 0 Å². The van der Waals surface area contributed by atoms with Crippen molar-refractivity contribution in [2.24, 2.45) is 0 Å². The number of aryl methyl sites for hydroxylation is 1. The van der Waals surface area contributed by atoms with Crippen LogP contribution in [-0.2, 0) is 14.3 Å². The van der Waals surface area contributed by atoms with Crippen molar-refractivity contribution in [3.8, 4) is 0 Å². The predicted octanol–water partition coefficient (Wildman–Crippen LogP) is 2.49. The SMILES string of the molecule is COC1CCCC(OCC(=O)Nc2ccc(N)cc2C)C1. The van der Waals surface area contributed by atoms with Crippen LogP contribution < -0.4 is 11.1 Å². The zero-order valence-electron chi connectivity index (χ0n) is 12.7. The number of ether oxygens (including phenoxy) is 2. The summed E-state index contributed by atoms with van der Waals surface area (Å²) in [6.45, 7) is 1.99. The number of carbonyl (C=O) groups excluding carboxylic acids is 1. The van der Waals surface area contributed by atoms with E-state index in [1.807, 2.05) is 19.1 Å². The molecule has 5 heteroatoms. The Morgan fingerprint density at radius 1 is 1.38 bits per heavy atom. The van der Waals surface area contributed by atoms with Crippen LogP contribution in [0.15, 0.2) is 18.2 Å². The highest BCUT2D eigenvalue weighted by atomic mass is 16.5. The van der Waals surface area contributed by atoms with E-state index in [1.165, 1.54) is 0 Å². The molecule has 0 bridgehead atoms. The summed E-state index contributed by atoms with van der Waals surface area (Å²) in [6, 6.07) is 5.42. The summed E-state index contributed by atoms with van der Waals surface area (Å²) in [5.74, 6) is -0.137. The fraction of sp³-hybridized carbons (Fsp3) is 0.562. The van der Waals surface area contributed by atoms with Crippen LogP contribution in [0.2, 0.25) is 0 Å². The highest BCUT2D eigenvalue weighted by molar-refractivity contribution is 5.92. The van der Waals surface area contributed by atoms with E-state index in [2.05, 4.69) is 5.32 Å². The summed E-state index contributed by atoms with van der Waals surface area (Å²) in [7, 11) is 1.73. The molecule has 1 amide bonds. The van der Waals surface area contributed by atoms with Gasteiger partial charge in [0.15, 0.2) is 0 Å². The van der Waals surface area contributed by atoms with Crippen LogP contribution in [0.4, 0.5) is 11.4 Å². The molecule has 0 aromatic heterocycles. The number of nitrogens with one attached hydrogen (secondary N) is 1. The Labute approximate surface area is 125 Å². The second-order valence-corrected chi connectivity index (χ2v) is 5.58. The topological polar surface area (TPSA) is 73.6 Å². The fourth-order valence-corrected chi connectivity index (χ4v) is 2.67. The molecule has 0 heterocycles. The van der Waals surface area contributed by atoms with Gasteiger partial charge in [-0.3, -0.25) is 4.79 Å². The molecule has 2 rings (SSSR count). The van der Waals surface area contributed by atoms with Crippen LogP contribution in [0, 0.1) is 6.92 Å². The Balaban J connectivity index is 1.79. The molecule has 0 spiro atoms. The van der Waals surface area contributed by atoms with E-state index in [4.69, 9.17) is 15.2 Å². The smallest absolute Gasteiger partial charge is 0.250 e. The Morgan fingerprint density at radius 2 is 2.14 bits per heavy atom. The molecule has 1 aliphatic rings. The van der Waals surface area contributed by atoms with Crippen molar-refractivity contribution in [3.63, 3.8) is 0 Å². The first-order valence-corrected chi connectivity index (χ1v) is 7.39. The molecular formula is C16H24N2O3. The number of nitrogens with two attached hydrogens (primary N) is 1. The maximum atomic E-state index is 11.9. The third-order valence-corrected chi connectivity index (χ3v) is 3.89. The molecule has 1 aromatic carbocycles. The first kappa shape index (κ1) is 15.8. The van der Waals surface area contributed by atoms with Gasteiger partial charge in [0, 0.05) is 18.5 Å². The van der Waals surface area contributed by atoms with E-state index in [9.17, 15) is 4.79 Å². The van der Waals surface area contributed by atoms with Crippen LogP contribution in [0.1, 0.15) is 31.2 Å². The highest BCUT2D eigenvalue weighted by Gasteiger charge is 2.22. The molecule has 21 heavy (non-hydrogen) atoms. The Morgan fingerprint density at radius 3 is 2.86 bits per heavy atom. The third-order valence-electron chi connectivity index (χ3n) is 3.89. The lowest BCUT2D eigenvalue weighted by atomic mass is 9.95. The van der Waals surface area contributed by atoms with Gasteiger partial charge in [-0.2, -0.15) is 0 Å². The first-order valence-electron chi connectivity index (χ1n) is 7.39. The number of benzene rings is 1. The summed E-state index contributed by atoms with van der Waals surface area (Å²) in [4.78, 5) is 11.9. The van der Waals surface area contributed by atoms with Crippen molar-refractivity contribution >= 4 is 17.3 Å². The fourth-order valence-electron chi connectivity index (χ4n) is 2.67. The molecule has 1 aliphatic carbocycles. The van der Waals surface area contributed by atoms with Gasteiger partial charge < -0.3 is 20.5 Å². The number of rotatable bonds is 5. The second kappa shape index (κ2) is 7.43. The maximum Gasteiger partial charge on any atom is 0.250 e. The van der Waals surface area contributed by atoms with E-state index in [1.54, 1.807) is 13.2 Å². The normalized spacial score (nSPS) is 22.0. The zero-order valence-corrected chi connectivity index (χ0v) is 12.7. The number of amides is 1. The quantitative estimate of drug-likeness (QED) is 0.818. The van der Waals surface area contributed by atoms with E-state index >= 15 is 0 Å². The van der Waals surface area contributed by atoms with Crippen molar-refractivity contribution in [2.75, 3.05) is 24.8 Å². The van der Waals surface area contributed by atoms with Gasteiger partial charge in [0.1, 0.15) is 6.61 Å². The van der Waals surface area contributed by atoms with Gasteiger partial charge in [-0.05, 0) is 56.4 Å². The van der Waals surface area contributed by atoms with Crippen molar-refractivity contribution in [2.45, 2.75) is 44.8 Å². The largest absolute Gasteiger partial charge is 0.399 e. The average Bonchev–Trinajstić information content (AvgIpc) is 2.48. The lowest BCUT2D eigenvalue weighted by Gasteiger charge is -2.28. The molecule has 116 valence electrons. The summed E-state index contributed by atoms with van der Waals surface area (Å²) in [6.07, 6.45) is 4.39. The molecule has 0 saturated heterocycles. The summed E-state index contributed by atoms with van der Waals surface area (Å²) in [5.41, 5.74) is 8.10. The molecular weight excluding hydrogens is 268 g/mol. The Kier molecular flexibility index (Phi) is 5.59. The van der Waals surface area contributed by atoms with Gasteiger partial charge in [0.25, 0.3) is 0 Å². The number of hydrogen-bond acceptors (Lipinski definition) is 4. The standard InChI is InChI=1S/C16H24N2O3/c1-11-8-12(17)6-7-15(11)18-16(19)10-21-14-5-3-4-13(9-14)20-2/h6-8,13-14H,3-5,9-10,17H2,1-2H3,(H,18,19). The van der Waals surface area contributed by atoms with E-state index in [0.29, 0.717) is 5.69 Å². The molecule has 5 nitrogen and oxygen atoms in total. The number of nitrogen functional groups attached to an aromatic ring is 1. The predicted molar refractivity (Wildman–Crippen MR) is 83.2 cm³/mol. The molecule has 3 N–H and O–H groups in total. The van der Waals surface area contributed by atoms with Gasteiger partial charge in [0.2, 0.25) is 5.91 Å². The third kappa shape index (κ3) is 4.72. The summed E-state index contributed by atoms with van der Waals surface area (Å²) < 4.78 is 11.1. The van der Waals surface area contributed by atoms with Crippen LogP contribution in [0.25, 0.3) is 0 Å². The molecule has 0 aliphatic heterocycles. The van der Waals surface area contributed by atoms with Crippen molar-refractivity contribution in [1.82, 2.24) is 0 Å². The number of hydrogen-bond donors (Lipinski definition) is 2. The molecule has 1 fully saturated rings. The number of carbonyl (C=O) groups is 1. The lowest BCUT2D eigenvalue weighted by molar-refractivity contribution is -0.124. The van der Waals surface area contributed by atoms with Crippen LogP contribution >= 0.6 is 0 Å². The second-order valence-electron chi connectivity index (χ2n) is 5.58. The van der Waals surface area contributed by atoms with Gasteiger partial charge in [-0.15, -0.1) is 0 Å². The molecule has 1 saturated carbocycles. The summed E-state index contributed by atoms with van der Waals surface area (Å²) >= 11 is 0.